The van der Waals surface area contributed by atoms with E-state index in [1.165, 1.54) is 11.8 Å². The fraction of sp³-hybridized carbons (Fsp3) is 0.600. The molecular weight excluding hydrogens is 578 g/mol. The van der Waals surface area contributed by atoms with Gasteiger partial charge in [0.25, 0.3) is 0 Å². The first-order valence-corrected chi connectivity index (χ1v) is 15.7. The summed E-state index contributed by atoms with van der Waals surface area (Å²) in [7, 11) is 0. The zero-order valence-corrected chi connectivity index (χ0v) is 25.5. The van der Waals surface area contributed by atoms with Crippen molar-refractivity contribution in [3.63, 3.8) is 0 Å². The lowest BCUT2D eigenvalue weighted by Gasteiger charge is -2.22. The van der Waals surface area contributed by atoms with E-state index in [1.807, 2.05) is 30.4 Å². The maximum atomic E-state index is 13.0. The van der Waals surface area contributed by atoms with Crippen LogP contribution in [-0.2, 0) is 28.8 Å². The van der Waals surface area contributed by atoms with Gasteiger partial charge in [0.2, 0.25) is 11.8 Å². The fourth-order valence-electron chi connectivity index (χ4n) is 4.40. The first-order valence-electron chi connectivity index (χ1n) is 14.6. The molecule has 1 rings (SSSR count). The van der Waals surface area contributed by atoms with Crippen molar-refractivity contribution in [3.8, 4) is 0 Å². The molecule has 2 amide bonds. The van der Waals surface area contributed by atoms with Crippen LogP contribution in [-0.4, -0.2) is 80.5 Å². The Morgan fingerprint density at radius 3 is 2.37 bits per heavy atom. The lowest BCUT2D eigenvalue weighted by Crippen LogP contribution is -2.49. The van der Waals surface area contributed by atoms with Gasteiger partial charge in [-0.25, -0.2) is 0 Å². The number of nitrogens with one attached hydrogen (secondary N) is 2. The van der Waals surface area contributed by atoms with E-state index in [2.05, 4.69) is 17.6 Å². The van der Waals surface area contributed by atoms with E-state index in [0.29, 0.717) is 24.8 Å². The average molecular weight is 624 g/mol. The molecule has 1 saturated carbocycles. The zero-order chi connectivity index (χ0) is 32.2. The van der Waals surface area contributed by atoms with Gasteiger partial charge in [-0.15, -0.1) is 0 Å². The molecule has 0 bridgehead atoms. The number of Topliss-reactive ketones (excluding diaryl/α,β-unsaturated/α-hetero) is 1. The fourth-order valence-corrected chi connectivity index (χ4v) is 5.83. The predicted molar refractivity (Wildman–Crippen MR) is 163 cm³/mol. The first-order chi connectivity index (χ1) is 20.5. The normalized spacial score (nSPS) is 19.1. The SMILES string of the molecule is CCCCC/C=C\C=C1\C(=O)C[C@H](SC[C@H](NC(=O)CC[C@@H](N)C(=O)O)C(=O)NCC(=O)O)[C@@H]1C/C=C\CCCC(=O)O. The highest BCUT2D eigenvalue weighted by molar-refractivity contribution is 8.00. The Bertz CT molecular complexity index is 1060. The number of carboxylic acid groups (broad SMARTS) is 3. The largest absolute Gasteiger partial charge is 0.481 e. The molecule has 1 fully saturated rings. The zero-order valence-electron chi connectivity index (χ0n) is 24.7. The molecule has 0 aromatic heterocycles. The number of carbonyl (C=O) groups excluding carboxylic acids is 3. The summed E-state index contributed by atoms with van der Waals surface area (Å²) < 4.78 is 0. The summed E-state index contributed by atoms with van der Waals surface area (Å²) in [6.45, 7) is 1.48. The summed E-state index contributed by atoms with van der Waals surface area (Å²) in [5.41, 5.74) is 6.13. The number of hydrogen-bond acceptors (Lipinski definition) is 8. The third-order valence-electron chi connectivity index (χ3n) is 6.80. The van der Waals surface area contributed by atoms with Gasteiger partial charge < -0.3 is 31.7 Å². The molecule has 13 heteroatoms. The smallest absolute Gasteiger partial charge is 0.322 e. The number of rotatable bonds is 22. The van der Waals surface area contributed by atoms with E-state index in [1.54, 1.807) is 0 Å². The number of carboxylic acids is 3. The monoisotopic (exact) mass is 623 g/mol. The Morgan fingerprint density at radius 2 is 1.72 bits per heavy atom. The molecule has 7 N–H and O–H groups in total. The molecule has 0 saturated heterocycles. The molecule has 0 aliphatic heterocycles. The molecule has 0 spiro atoms. The van der Waals surface area contributed by atoms with Gasteiger partial charge >= 0.3 is 17.9 Å². The van der Waals surface area contributed by atoms with Crippen LogP contribution in [0.15, 0.2) is 36.0 Å². The third-order valence-corrected chi connectivity index (χ3v) is 8.25. The summed E-state index contributed by atoms with van der Waals surface area (Å²) in [5.74, 6) is -4.83. The van der Waals surface area contributed by atoms with Crippen molar-refractivity contribution in [2.24, 2.45) is 11.7 Å². The number of allylic oxidation sites excluding steroid dienone is 6. The summed E-state index contributed by atoms with van der Waals surface area (Å²) in [4.78, 5) is 71.0. The molecule has 1 aliphatic rings. The summed E-state index contributed by atoms with van der Waals surface area (Å²) in [5, 5.41) is 31.3. The maximum Gasteiger partial charge on any atom is 0.322 e. The van der Waals surface area contributed by atoms with Crippen LogP contribution in [0.25, 0.3) is 0 Å². The topological polar surface area (TPSA) is 213 Å². The van der Waals surface area contributed by atoms with Crippen molar-refractivity contribution < 1.29 is 44.1 Å². The van der Waals surface area contributed by atoms with Gasteiger partial charge in [0.15, 0.2) is 5.78 Å². The number of hydrogen-bond donors (Lipinski definition) is 6. The highest BCUT2D eigenvalue weighted by Gasteiger charge is 2.38. The minimum atomic E-state index is -1.26. The number of ketones is 1. The molecule has 1 aliphatic carbocycles. The Kier molecular flexibility index (Phi) is 18.6. The number of aliphatic carboxylic acids is 3. The number of unbranched alkanes of at least 4 members (excludes halogenated alkanes) is 4. The second-order valence-corrected chi connectivity index (χ2v) is 11.6. The maximum absolute atomic E-state index is 13.0. The predicted octanol–water partition coefficient (Wildman–Crippen LogP) is 2.82. The Hall–Kier alpha value is -3.45. The number of amides is 2. The second kappa shape index (κ2) is 21.3. The lowest BCUT2D eigenvalue weighted by atomic mass is 9.97. The van der Waals surface area contributed by atoms with Crippen LogP contribution in [0.5, 0.6) is 0 Å². The van der Waals surface area contributed by atoms with Crippen molar-refractivity contribution >= 4 is 47.3 Å². The average Bonchev–Trinajstić information content (AvgIpc) is 3.25. The van der Waals surface area contributed by atoms with Crippen LogP contribution in [0, 0.1) is 5.92 Å². The van der Waals surface area contributed by atoms with Gasteiger partial charge in [-0.05, 0) is 44.1 Å². The Balaban J connectivity index is 3.02. The molecule has 0 heterocycles. The van der Waals surface area contributed by atoms with E-state index in [4.69, 9.17) is 21.1 Å². The molecule has 0 aromatic rings. The molecular formula is C30H45N3O9S. The molecule has 43 heavy (non-hydrogen) atoms. The Morgan fingerprint density at radius 1 is 1.00 bits per heavy atom. The Labute approximate surface area is 256 Å². The summed E-state index contributed by atoms with van der Waals surface area (Å²) in [6, 6.07) is -2.36. The number of carbonyl (C=O) groups is 6. The quantitative estimate of drug-likeness (QED) is 0.0586. The van der Waals surface area contributed by atoms with Crippen LogP contribution in [0.2, 0.25) is 0 Å². The summed E-state index contributed by atoms with van der Waals surface area (Å²) >= 11 is 1.32. The number of thioether (sulfide) groups is 1. The highest BCUT2D eigenvalue weighted by Crippen LogP contribution is 2.39. The standard InChI is InChI=1S/C30H45N3O9S/c1-2-3-4-5-6-9-12-20-21(13-10-7-8-11-14-27(36)37)25(17-24(20)34)43-19-23(29(40)32-18-28(38)39)33-26(35)16-15-22(31)30(41)42/h6-7,9-10,12,21-23,25H,2-5,8,11,13-19,31H2,1H3,(H,32,40)(H,33,35)(H,36,37)(H,38,39)(H,41,42)/b9-6-,10-7-,20-12+/t21-,22-,23+,25+/m1/s1. The second-order valence-electron chi connectivity index (χ2n) is 10.4. The van der Waals surface area contributed by atoms with Crippen molar-refractivity contribution in [2.75, 3.05) is 12.3 Å². The molecule has 12 nitrogen and oxygen atoms in total. The van der Waals surface area contributed by atoms with Gasteiger partial charge in [-0.1, -0.05) is 50.1 Å². The van der Waals surface area contributed by atoms with Gasteiger partial charge in [-0.3, -0.25) is 28.8 Å². The van der Waals surface area contributed by atoms with Gasteiger partial charge in [0.1, 0.15) is 18.6 Å². The van der Waals surface area contributed by atoms with Crippen molar-refractivity contribution in [3.05, 3.63) is 36.0 Å². The first kappa shape index (κ1) is 37.6. The van der Waals surface area contributed by atoms with E-state index in [9.17, 15) is 28.8 Å². The minimum Gasteiger partial charge on any atom is -0.481 e. The van der Waals surface area contributed by atoms with Crippen molar-refractivity contribution in [1.82, 2.24) is 10.6 Å². The van der Waals surface area contributed by atoms with E-state index < -0.39 is 48.4 Å². The van der Waals surface area contributed by atoms with Crippen molar-refractivity contribution in [1.29, 1.82) is 0 Å². The molecule has 0 radical (unpaired) electrons. The molecule has 4 atom stereocenters. The third kappa shape index (κ3) is 16.1. The lowest BCUT2D eigenvalue weighted by molar-refractivity contribution is -0.139. The van der Waals surface area contributed by atoms with Gasteiger partial charge in [0, 0.05) is 36.2 Å². The minimum absolute atomic E-state index is 0.0152. The molecule has 0 unspecified atom stereocenters. The van der Waals surface area contributed by atoms with Crippen LogP contribution >= 0.6 is 11.8 Å². The van der Waals surface area contributed by atoms with Gasteiger partial charge in [-0.2, -0.15) is 11.8 Å². The van der Waals surface area contributed by atoms with E-state index in [-0.39, 0.29) is 48.4 Å². The van der Waals surface area contributed by atoms with Crippen LogP contribution in [0.3, 0.4) is 0 Å². The van der Waals surface area contributed by atoms with E-state index >= 15 is 0 Å². The van der Waals surface area contributed by atoms with Crippen LogP contribution < -0.4 is 16.4 Å². The van der Waals surface area contributed by atoms with Crippen molar-refractivity contribution in [2.45, 2.75) is 94.9 Å². The highest BCUT2D eigenvalue weighted by atomic mass is 32.2. The molecule has 0 aromatic carbocycles. The van der Waals surface area contributed by atoms with Crippen LogP contribution in [0.4, 0.5) is 0 Å². The van der Waals surface area contributed by atoms with Crippen LogP contribution in [0.1, 0.15) is 77.6 Å². The van der Waals surface area contributed by atoms with Gasteiger partial charge in [0.05, 0.1) is 0 Å². The summed E-state index contributed by atoms with van der Waals surface area (Å²) in [6.07, 6.45) is 15.3. The van der Waals surface area contributed by atoms with E-state index in [0.717, 1.165) is 25.7 Å². The number of nitrogens with two attached hydrogens (primary N) is 1. The molecule has 240 valence electrons.